The van der Waals surface area contributed by atoms with Gasteiger partial charge in [0.2, 0.25) is 0 Å². The van der Waals surface area contributed by atoms with Crippen molar-refractivity contribution in [2.75, 3.05) is 18.0 Å². The van der Waals surface area contributed by atoms with Crippen LogP contribution in [-0.2, 0) is 10.6 Å². The predicted octanol–water partition coefficient (Wildman–Crippen LogP) is 4.36. The highest BCUT2D eigenvalue weighted by Crippen LogP contribution is 2.40. The van der Waals surface area contributed by atoms with Crippen LogP contribution in [0.2, 0.25) is 18.1 Å². The molecule has 1 aromatic heterocycles. The van der Waals surface area contributed by atoms with Crippen LogP contribution in [0.15, 0.2) is 12.3 Å². The number of rotatable bonds is 4. The predicted molar refractivity (Wildman–Crippen MR) is 94.2 cm³/mol. The van der Waals surface area contributed by atoms with Crippen molar-refractivity contribution in [2.24, 2.45) is 0 Å². The monoisotopic (exact) mass is 376 g/mol. The normalized spacial score (nSPS) is 18.2. The van der Waals surface area contributed by atoms with Crippen molar-refractivity contribution in [1.82, 2.24) is 4.98 Å². The van der Waals surface area contributed by atoms with Crippen LogP contribution in [0.25, 0.3) is 0 Å². The Morgan fingerprint density at radius 3 is 2.28 bits per heavy atom. The molecule has 1 fully saturated rings. The molecule has 1 aliphatic rings. The number of aliphatic hydroxyl groups is 1. The number of halogens is 3. The number of aliphatic hydroxyl groups excluding tert-OH is 1. The highest BCUT2D eigenvalue weighted by atomic mass is 28.4. The molecule has 0 radical (unpaired) electrons. The topological polar surface area (TPSA) is 45.6 Å². The third kappa shape index (κ3) is 4.35. The zero-order valence-corrected chi connectivity index (χ0v) is 16.6. The molecule has 1 aliphatic heterocycles. The lowest BCUT2D eigenvalue weighted by Gasteiger charge is -2.47. The maximum atomic E-state index is 12.9. The van der Waals surface area contributed by atoms with Gasteiger partial charge < -0.3 is 14.4 Å². The second-order valence-electron chi connectivity index (χ2n) is 8.22. The van der Waals surface area contributed by atoms with Gasteiger partial charge in [0, 0.05) is 24.8 Å². The highest BCUT2D eigenvalue weighted by molar-refractivity contribution is 6.74. The van der Waals surface area contributed by atoms with Gasteiger partial charge in [0.25, 0.3) is 0 Å². The van der Waals surface area contributed by atoms with E-state index in [0.717, 1.165) is 12.3 Å². The van der Waals surface area contributed by atoms with Crippen molar-refractivity contribution < 1.29 is 22.7 Å². The number of alkyl halides is 3. The van der Waals surface area contributed by atoms with E-state index in [9.17, 15) is 18.3 Å². The first-order valence-electron chi connectivity index (χ1n) is 8.40. The fourth-order valence-electron chi connectivity index (χ4n) is 2.48. The first-order chi connectivity index (χ1) is 11.2. The summed E-state index contributed by atoms with van der Waals surface area (Å²) in [5.74, 6) is 0.401. The number of nitrogens with zero attached hydrogens (tertiary/aromatic N) is 2. The van der Waals surface area contributed by atoms with Gasteiger partial charge in [0.15, 0.2) is 8.32 Å². The third-order valence-electron chi connectivity index (χ3n) is 5.09. The second kappa shape index (κ2) is 6.55. The summed E-state index contributed by atoms with van der Waals surface area (Å²) in [5.41, 5.74) is -0.651. The number of pyridine rings is 1. The molecular formula is C17H27F3N2O2Si. The number of hydrogen-bond acceptors (Lipinski definition) is 4. The maximum absolute atomic E-state index is 12.9. The smallest absolute Gasteiger partial charge is 0.410 e. The van der Waals surface area contributed by atoms with E-state index in [1.807, 2.05) is 4.90 Å². The lowest BCUT2D eigenvalue weighted by Crippen LogP contribution is -2.58. The Labute approximate surface area is 148 Å². The maximum Gasteiger partial charge on any atom is 0.417 e. The van der Waals surface area contributed by atoms with Gasteiger partial charge in [-0.15, -0.1) is 0 Å². The molecule has 2 rings (SSSR count). The average Bonchev–Trinajstić information content (AvgIpc) is 2.39. The van der Waals surface area contributed by atoms with Gasteiger partial charge in [-0.3, -0.25) is 0 Å². The van der Waals surface area contributed by atoms with Crippen molar-refractivity contribution in [1.29, 1.82) is 0 Å². The molecule has 0 saturated carbocycles. The van der Waals surface area contributed by atoms with Gasteiger partial charge in [-0.25, -0.2) is 4.98 Å². The summed E-state index contributed by atoms with van der Waals surface area (Å²) in [4.78, 5) is 5.83. The van der Waals surface area contributed by atoms with Crippen LogP contribution < -0.4 is 4.90 Å². The summed E-state index contributed by atoms with van der Waals surface area (Å²) in [7, 11) is -1.88. The minimum Gasteiger partial charge on any atom is -0.410 e. The van der Waals surface area contributed by atoms with Crippen molar-refractivity contribution in [3.8, 4) is 0 Å². The molecule has 0 amide bonds. The van der Waals surface area contributed by atoms with Gasteiger partial charge in [-0.05, 0) is 31.1 Å². The Morgan fingerprint density at radius 1 is 1.28 bits per heavy atom. The number of aromatic nitrogens is 1. The molecule has 25 heavy (non-hydrogen) atoms. The van der Waals surface area contributed by atoms with Crippen LogP contribution in [0.1, 0.15) is 44.9 Å². The van der Waals surface area contributed by atoms with Crippen molar-refractivity contribution in [3.63, 3.8) is 0 Å². The van der Waals surface area contributed by atoms with E-state index >= 15 is 0 Å². The Hall–Kier alpha value is -1.12. The lowest BCUT2D eigenvalue weighted by atomic mass is 10.1. The minimum absolute atomic E-state index is 0.0480. The van der Waals surface area contributed by atoms with E-state index in [1.165, 1.54) is 6.92 Å². The summed E-state index contributed by atoms with van der Waals surface area (Å²) in [6.07, 6.45) is -4.63. The molecule has 142 valence electrons. The van der Waals surface area contributed by atoms with E-state index in [0.29, 0.717) is 18.9 Å². The molecule has 4 nitrogen and oxygen atoms in total. The van der Waals surface area contributed by atoms with E-state index in [1.54, 1.807) is 0 Å². The largest absolute Gasteiger partial charge is 0.417 e. The zero-order valence-electron chi connectivity index (χ0n) is 15.6. The molecule has 8 heteroatoms. The second-order valence-corrected chi connectivity index (χ2v) is 13.0. The molecule has 1 atom stereocenters. The number of anilines is 1. The van der Waals surface area contributed by atoms with Gasteiger partial charge in [-0.1, -0.05) is 20.8 Å². The van der Waals surface area contributed by atoms with Gasteiger partial charge in [-0.2, -0.15) is 13.2 Å². The first kappa shape index (κ1) is 20.2. The molecule has 1 N–H and O–H groups in total. The molecule has 1 unspecified atom stereocenters. The fourth-order valence-corrected chi connectivity index (χ4v) is 3.82. The minimum atomic E-state index is -4.47. The van der Waals surface area contributed by atoms with Crippen LogP contribution in [0.3, 0.4) is 0 Å². The fraction of sp³-hybridized carbons (Fsp3) is 0.706. The Morgan fingerprint density at radius 2 is 1.84 bits per heavy atom. The third-order valence-corrected chi connectivity index (χ3v) is 9.62. The van der Waals surface area contributed by atoms with Gasteiger partial charge in [0.05, 0.1) is 17.8 Å². The molecule has 0 aliphatic carbocycles. The molecule has 0 aromatic carbocycles. The summed E-state index contributed by atoms with van der Waals surface area (Å²) < 4.78 is 44.9. The standard InChI is InChI=1S/C17H27F3N2O2Si/c1-11(23)14-7-12(17(18,19)20)8-21-15(14)22-9-13(10-22)24-25(5,6)16(2,3)4/h7-8,11,13,23H,9-10H2,1-6H3. The van der Waals surface area contributed by atoms with E-state index in [-0.39, 0.29) is 16.7 Å². The molecule has 1 saturated heterocycles. The first-order valence-corrected chi connectivity index (χ1v) is 11.3. The molecule has 0 spiro atoms. The van der Waals surface area contributed by atoms with E-state index in [4.69, 9.17) is 4.43 Å². The van der Waals surface area contributed by atoms with Crippen molar-refractivity contribution in [2.45, 2.75) is 64.2 Å². The van der Waals surface area contributed by atoms with Crippen molar-refractivity contribution >= 4 is 14.1 Å². The van der Waals surface area contributed by atoms with Crippen LogP contribution >= 0.6 is 0 Å². The Kier molecular flexibility index (Phi) is 5.29. The van der Waals surface area contributed by atoms with Gasteiger partial charge in [0.1, 0.15) is 5.82 Å². The quantitative estimate of drug-likeness (QED) is 0.793. The van der Waals surface area contributed by atoms with E-state index < -0.39 is 26.2 Å². The Bertz CT molecular complexity index is 621. The average molecular weight is 376 g/mol. The van der Waals surface area contributed by atoms with E-state index in [2.05, 4.69) is 38.8 Å². The van der Waals surface area contributed by atoms with Crippen LogP contribution in [-0.4, -0.2) is 37.6 Å². The molecule has 1 aromatic rings. The summed E-state index contributed by atoms with van der Waals surface area (Å²) >= 11 is 0. The summed E-state index contributed by atoms with van der Waals surface area (Å²) in [5, 5.41) is 9.97. The summed E-state index contributed by atoms with van der Waals surface area (Å²) in [6.45, 7) is 13.4. The van der Waals surface area contributed by atoms with Crippen LogP contribution in [0.5, 0.6) is 0 Å². The lowest BCUT2D eigenvalue weighted by molar-refractivity contribution is -0.137. The van der Waals surface area contributed by atoms with Crippen LogP contribution in [0, 0.1) is 0 Å². The summed E-state index contributed by atoms with van der Waals surface area (Å²) in [6, 6.07) is 0.981. The number of hydrogen-bond donors (Lipinski definition) is 1. The van der Waals surface area contributed by atoms with Crippen molar-refractivity contribution in [3.05, 3.63) is 23.4 Å². The zero-order chi connectivity index (χ0) is 19.2. The van der Waals surface area contributed by atoms with Gasteiger partial charge >= 0.3 is 6.18 Å². The molecular weight excluding hydrogens is 349 g/mol. The van der Waals surface area contributed by atoms with Crippen LogP contribution in [0.4, 0.5) is 19.0 Å². The Balaban J connectivity index is 2.12. The SMILES string of the molecule is CC(O)c1cc(C(F)(F)F)cnc1N1CC(O[Si](C)(C)C(C)(C)C)C1. The highest BCUT2D eigenvalue weighted by Gasteiger charge is 2.42. The molecule has 0 bridgehead atoms. The molecule has 2 heterocycles.